The summed E-state index contributed by atoms with van der Waals surface area (Å²) < 4.78 is 0.763. The van der Waals surface area contributed by atoms with Crippen LogP contribution in [0.4, 0.5) is 5.69 Å². The number of nitrogens with zero attached hydrogens (tertiary/aromatic N) is 2. The Hall–Kier alpha value is -0.220. The molecule has 94 valence electrons. The van der Waals surface area contributed by atoms with Crippen molar-refractivity contribution in [1.82, 2.24) is 0 Å². The molecule has 0 N–H and O–H groups in total. The van der Waals surface area contributed by atoms with Gasteiger partial charge in [-0.2, -0.15) is 5.26 Å². The van der Waals surface area contributed by atoms with Gasteiger partial charge in [-0.3, -0.25) is 4.79 Å². The summed E-state index contributed by atoms with van der Waals surface area (Å²) >= 11 is 14.0. The molecule has 1 amide bonds. The van der Waals surface area contributed by atoms with E-state index < -0.39 is 0 Å². The molecule has 0 bridgehead atoms. The highest BCUT2D eigenvalue weighted by atomic mass is 79.9. The van der Waals surface area contributed by atoms with Crippen molar-refractivity contribution in [3.63, 3.8) is 0 Å². The highest BCUT2D eigenvalue weighted by molar-refractivity contribution is 9.10. The molecule has 0 spiro atoms. The molecule has 1 aromatic carbocycles. The lowest BCUT2D eigenvalue weighted by Gasteiger charge is -2.18. The van der Waals surface area contributed by atoms with Crippen molar-refractivity contribution >= 4 is 66.8 Å². The van der Waals surface area contributed by atoms with Gasteiger partial charge in [-0.25, -0.2) is 0 Å². The van der Waals surface area contributed by atoms with Crippen molar-refractivity contribution < 1.29 is 4.79 Å². The van der Waals surface area contributed by atoms with Gasteiger partial charge in [-0.15, -0.1) is 0 Å². The fourth-order valence-electron chi connectivity index (χ4n) is 1.75. The van der Waals surface area contributed by atoms with Crippen LogP contribution in [-0.4, -0.2) is 17.3 Å². The minimum Gasteiger partial charge on any atom is -0.310 e. The fraction of sp³-hybridized carbons (Fsp3) is 0.273. The Morgan fingerprint density at radius 1 is 1.56 bits per heavy atom. The normalized spacial score (nSPS) is 19.1. The fourth-order valence-corrected chi connectivity index (χ4v) is 3.65. The SMILES string of the molecule is N#CSc1cc(Cl)c(N2CC(Br)CC2=O)cc1Br. The summed E-state index contributed by atoms with van der Waals surface area (Å²) in [6.07, 6.45) is 0.475. The summed E-state index contributed by atoms with van der Waals surface area (Å²) in [5, 5.41) is 11.1. The van der Waals surface area contributed by atoms with Crippen molar-refractivity contribution in [2.75, 3.05) is 11.4 Å². The molecular formula is C11H7Br2ClN2OS. The molecule has 1 atom stereocenters. The minimum atomic E-state index is 0.0476. The van der Waals surface area contributed by atoms with Crippen molar-refractivity contribution in [2.24, 2.45) is 0 Å². The lowest BCUT2D eigenvalue weighted by molar-refractivity contribution is -0.117. The van der Waals surface area contributed by atoms with E-state index in [0.29, 0.717) is 23.7 Å². The van der Waals surface area contributed by atoms with Gasteiger partial charge in [0.1, 0.15) is 5.40 Å². The Morgan fingerprint density at radius 3 is 2.83 bits per heavy atom. The first kappa shape index (κ1) is 14.2. The summed E-state index contributed by atoms with van der Waals surface area (Å²) in [5.41, 5.74) is 0.679. The van der Waals surface area contributed by atoms with Crippen LogP contribution in [-0.2, 0) is 4.79 Å². The number of carbonyl (C=O) groups excluding carboxylic acids is 1. The maximum absolute atomic E-state index is 11.8. The van der Waals surface area contributed by atoms with Gasteiger partial charge in [0.15, 0.2) is 0 Å². The average Bonchev–Trinajstić information content (AvgIpc) is 2.63. The molecular weight excluding hydrogens is 403 g/mol. The van der Waals surface area contributed by atoms with Gasteiger partial charge >= 0.3 is 0 Å². The number of amides is 1. The number of nitriles is 1. The van der Waals surface area contributed by atoms with Crippen LogP contribution in [0.1, 0.15) is 6.42 Å². The zero-order valence-electron chi connectivity index (χ0n) is 8.99. The van der Waals surface area contributed by atoms with Crippen molar-refractivity contribution in [3.8, 4) is 5.40 Å². The first-order valence-electron chi connectivity index (χ1n) is 5.02. The molecule has 1 saturated heterocycles. The topological polar surface area (TPSA) is 44.1 Å². The zero-order valence-corrected chi connectivity index (χ0v) is 13.7. The summed E-state index contributed by atoms with van der Waals surface area (Å²) in [5.74, 6) is 0.0476. The molecule has 0 aromatic heterocycles. The number of halogens is 3. The largest absolute Gasteiger partial charge is 0.310 e. The van der Waals surface area contributed by atoms with Crippen LogP contribution in [0.2, 0.25) is 5.02 Å². The van der Waals surface area contributed by atoms with E-state index in [2.05, 4.69) is 31.9 Å². The quantitative estimate of drug-likeness (QED) is 0.417. The smallest absolute Gasteiger partial charge is 0.228 e. The third-order valence-corrected chi connectivity index (χ3v) is 5.01. The van der Waals surface area contributed by atoms with Gasteiger partial charge in [-0.1, -0.05) is 27.5 Å². The first-order valence-corrected chi connectivity index (χ1v) is 7.92. The van der Waals surface area contributed by atoms with Crippen LogP contribution in [0, 0.1) is 10.7 Å². The molecule has 1 aromatic rings. The number of hydrogen-bond acceptors (Lipinski definition) is 3. The lowest BCUT2D eigenvalue weighted by Crippen LogP contribution is -2.24. The van der Waals surface area contributed by atoms with Gasteiger partial charge in [0.05, 0.1) is 10.7 Å². The van der Waals surface area contributed by atoms with Gasteiger partial charge in [0, 0.05) is 27.2 Å². The third-order valence-electron chi connectivity index (χ3n) is 2.53. The number of rotatable bonds is 2. The van der Waals surface area contributed by atoms with Crippen molar-refractivity contribution in [2.45, 2.75) is 16.1 Å². The van der Waals surface area contributed by atoms with Gasteiger partial charge in [0.25, 0.3) is 0 Å². The maximum Gasteiger partial charge on any atom is 0.228 e. The highest BCUT2D eigenvalue weighted by Crippen LogP contribution is 2.38. The van der Waals surface area contributed by atoms with Crippen LogP contribution in [0.5, 0.6) is 0 Å². The number of carbonyl (C=O) groups is 1. The number of benzene rings is 1. The summed E-state index contributed by atoms with van der Waals surface area (Å²) in [6.45, 7) is 0.607. The molecule has 1 fully saturated rings. The van der Waals surface area contributed by atoms with Gasteiger partial charge < -0.3 is 4.90 Å². The van der Waals surface area contributed by atoms with E-state index in [4.69, 9.17) is 16.9 Å². The van der Waals surface area contributed by atoms with Crippen LogP contribution in [0.3, 0.4) is 0 Å². The number of thioether (sulfide) groups is 1. The third kappa shape index (κ3) is 2.85. The van der Waals surface area contributed by atoms with E-state index in [9.17, 15) is 4.79 Å². The molecule has 3 nitrogen and oxygen atoms in total. The van der Waals surface area contributed by atoms with E-state index in [1.165, 1.54) is 0 Å². The molecule has 0 radical (unpaired) electrons. The molecule has 1 unspecified atom stereocenters. The standard InChI is InChI=1S/C11H7Br2ClN2OS/c12-6-1-11(17)16(4-6)9-2-7(13)10(18-5-15)3-8(9)14/h2-3,6H,1,4H2. The molecule has 1 aliphatic rings. The number of thiocyanates is 1. The predicted molar refractivity (Wildman–Crippen MR) is 80.3 cm³/mol. The summed E-state index contributed by atoms with van der Waals surface area (Å²) in [7, 11) is 0. The maximum atomic E-state index is 11.8. The van der Waals surface area contributed by atoms with E-state index in [1.807, 2.05) is 5.40 Å². The van der Waals surface area contributed by atoms with Crippen molar-refractivity contribution in [3.05, 3.63) is 21.6 Å². The molecule has 1 heterocycles. The Bertz CT molecular complexity index is 547. The van der Waals surface area contributed by atoms with E-state index in [1.54, 1.807) is 17.0 Å². The van der Waals surface area contributed by atoms with E-state index >= 15 is 0 Å². The summed E-state index contributed by atoms with van der Waals surface area (Å²) in [6, 6.07) is 3.48. The van der Waals surface area contributed by atoms with E-state index in [0.717, 1.165) is 21.1 Å². The predicted octanol–water partition coefficient (Wildman–Crippen LogP) is 4.18. The Kier molecular flexibility index (Phi) is 4.59. The summed E-state index contributed by atoms with van der Waals surface area (Å²) in [4.78, 5) is 14.4. The molecule has 18 heavy (non-hydrogen) atoms. The molecule has 1 aliphatic heterocycles. The Balaban J connectivity index is 2.38. The van der Waals surface area contributed by atoms with Crippen LogP contribution in [0.15, 0.2) is 21.5 Å². The second-order valence-electron chi connectivity index (χ2n) is 3.73. The zero-order chi connectivity index (χ0) is 13.3. The molecule has 0 saturated carbocycles. The van der Waals surface area contributed by atoms with E-state index in [-0.39, 0.29) is 10.7 Å². The van der Waals surface area contributed by atoms with Crippen LogP contribution < -0.4 is 4.90 Å². The Morgan fingerprint density at radius 2 is 2.28 bits per heavy atom. The molecule has 2 rings (SSSR count). The number of alkyl halides is 1. The average molecular weight is 411 g/mol. The van der Waals surface area contributed by atoms with Crippen LogP contribution in [0.25, 0.3) is 0 Å². The lowest BCUT2D eigenvalue weighted by atomic mass is 10.3. The molecule has 7 heteroatoms. The Labute approximate surface area is 131 Å². The second-order valence-corrected chi connectivity index (χ2v) is 7.12. The van der Waals surface area contributed by atoms with Gasteiger partial charge in [0.2, 0.25) is 5.91 Å². The van der Waals surface area contributed by atoms with Crippen molar-refractivity contribution in [1.29, 1.82) is 5.26 Å². The second kappa shape index (κ2) is 5.83. The number of hydrogen-bond donors (Lipinski definition) is 0. The monoisotopic (exact) mass is 408 g/mol. The molecule has 0 aliphatic carbocycles. The number of anilines is 1. The highest BCUT2D eigenvalue weighted by Gasteiger charge is 2.30. The van der Waals surface area contributed by atoms with Crippen LogP contribution >= 0.6 is 55.2 Å². The minimum absolute atomic E-state index is 0.0476. The van der Waals surface area contributed by atoms with Gasteiger partial charge in [-0.05, 0) is 39.8 Å². The first-order chi connectivity index (χ1) is 8.52.